The molecule has 0 spiro atoms. The van der Waals surface area contributed by atoms with E-state index >= 15 is 0 Å². The zero-order valence-electron chi connectivity index (χ0n) is 19.0. The van der Waals surface area contributed by atoms with Crippen LogP contribution in [0.25, 0.3) is 11.1 Å². The van der Waals surface area contributed by atoms with Crippen molar-refractivity contribution in [1.29, 1.82) is 0 Å². The number of hydrogen-bond acceptors (Lipinski definition) is 3. The number of benzene rings is 3. The predicted molar refractivity (Wildman–Crippen MR) is 130 cm³/mol. The van der Waals surface area contributed by atoms with Crippen molar-refractivity contribution in [2.24, 2.45) is 0 Å². The summed E-state index contributed by atoms with van der Waals surface area (Å²) in [5.41, 5.74) is 4.79. The third kappa shape index (κ3) is 5.20. The molecule has 0 radical (unpaired) electrons. The molecule has 0 saturated carbocycles. The zero-order chi connectivity index (χ0) is 22.5. The molecule has 1 heterocycles. The maximum atomic E-state index is 13.0. The monoisotopic (exact) mass is 428 g/mol. The van der Waals surface area contributed by atoms with E-state index in [-0.39, 0.29) is 11.7 Å². The molecule has 4 heteroatoms. The maximum Gasteiger partial charge on any atom is 0.253 e. The molecule has 1 aliphatic heterocycles. The van der Waals surface area contributed by atoms with Crippen molar-refractivity contribution in [3.05, 3.63) is 89.5 Å². The Bertz CT molecular complexity index is 1040. The smallest absolute Gasteiger partial charge is 0.253 e. The Morgan fingerprint density at radius 3 is 2.34 bits per heavy atom. The minimum Gasteiger partial charge on any atom is -0.507 e. The largest absolute Gasteiger partial charge is 0.507 e. The van der Waals surface area contributed by atoms with E-state index in [1.807, 2.05) is 48.2 Å². The van der Waals surface area contributed by atoms with Crippen LogP contribution in [0.15, 0.2) is 72.8 Å². The quantitative estimate of drug-likeness (QED) is 0.591. The molecule has 1 saturated heterocycles. The van der Waals surface area contributed by atoms with Crippen LogP contribution in [0, 0.1) is 6.92 Å². The summed E-state index contributed by atoms with van der Waals surface area (Å²) in [4.78, 5) is 17.4. The molecule has 0 aromatic heterocycles. The second kappa shape index (κ2) is 10.0. The molecule has 3 aromatic rings. The van der Waals surface area contributed by atoms with Crippen LogP contribution in [0.4, 0.5) is 0 Å². The SMILES string of the molecule is Cc1ccc(-c2ccc(C(=O)N3CCC(N(C)CCc4ccccc4)CC3)cc2O)cc1. The molecule has 1 amide bonds. The minimum absolute atomic E-state index is 0.00106. The van der Waals surface area contributed by atoms with Gasteiger partial charge in [-0.15, -0.1) is 0 Å². The van der Waals surface area contributed by atoms with Gasteiger partial charge >= 0.3 is 0 Å². The van der Waals surface area contributed by atoms with Gasteiger partial charge in [0, 0.05) is 36.8 Å². The summed E-state index contributed by atoms with van der Waals surface area (Å²) in [6, 6.07) is 24.4. The number of hydrogen-bond donors (Lipinski definition) is 1. The first-order valence-electron chi connectivity index (χ1n) is 11.4. The minimum atomic E-state index is 0.00106. The fraction of sp³-hybridized carbons (Fsp3) is 0.321. The second-order valence-corrected chi connectivity index (χ2v) is 8.84. The average Bonchev–Trinajstić information content (AvgIpc) is 2.83. The number of amides is 1. The average molecular weight is 429 g/mol. The van der Waals surface area contributed by atoms with E-state index in [1.54, 1.807) is 6.07 Å². The number of likely N-dealkylation sites (tertiary alicyclic amines) is 1. The summed E-state index contributed by atoms with van der Waals surface area (Å²) in [6.45, 7) is 4.56. The summed E-state index contributed by atoms with van der Waals surface area (Å²) in [6.07, 6.45) is 3.00. The molecule has 4 rings (SSSR count). The number of aromatic hydroxyl groups is 1. The first-order chi connectivity index (χ1) is 15.5. The third-order valence-electron chi connectivity index (χ3n) is 6.58. The Hall–Kier alpha value is -3.11. The zero-order valence-corrected chi connectivity index (χ0v) is 19.0. The highest BCUT2D eigenvalue weighted by molar-refractivity contribution is 5.95. The molecule has 166 valence electrons. The molecule has 1 fully saturated rings. The van der Waals surface area contributed by atoms with Gasteiger partial charge in [-0.05, 0) is 62.6 Å². The number of carbonyl (C=O) groups is 1. The van der Waals surface area contributed by atoms with E-state index in [1.165, 1.54) is 11.1 Å². The van der Waals surface area contributed by atoms with Gasteiger partial charge in [0.1, 0.15) is 5.75 Å². The molecular formula is C28H32N2O2. The summed E-state index contributed by atoms with van der Waals surface area (Å²) < 4.78 is 0. The third-order valence-corrected chi connectivity index (χ3v) is 6.58. The molecular weight excluding hydrogens is 396 g/mol. The topological polar surface area (TPSA) is 43.8 Å². The van der Waals surface area contributed by atoms with Crippen molar-refractivity contribution in [1.82, 2.24) is 9.80 Å². The van der Waals surface area contributed by atoms with Crippen LogP contribution in [0.2, 0.25) is 0 Å². The standard InChI is InChI=1S/C28H32N2O2/c1-21-8-10-23(11-9-21)26-13-12-24(20-27(26)31)28(32)30-18-15-25(16-19-30)29(2)17-14-22-6-4-3-5-7-22/h3-13,20,25,31H,14-19H2,1-2H3. The van der Waals surface area contributed by atoms with Crippen LogP contribution in [-0.4, -0.2) is 53.5 Å². The fourth-order valence-electron chi connectivity index (χ4n) is 4.47. The summed E-state index contributed by atoms with van der Waals surface area (Å²) in [7, 11) is 2.19. The van der Waals surface area contributed by atoms with E-state index in [0.717, 1.165) is 50.0 Å². The van der Waals surface area contributed by atoms with Crippen LogP contribution in [0.3, 0.4) is 0 Å². The Morgan fingerprint density at radius 1 is 1.00 bits per heavy atom. The van der Waals surface area contributed by atoms with Gasteiger partial charge in [0.25, 0.3) is 5.91 Å². The molecule has 3 aromatic carbocycles. The Balaban J connectivity index is 1.33. The van der Waals surface area contributed by atoms with Gasteiger partial charge in [0.05, 0.1) is 0 Å². The number of rotatable bonds is 6. The van der Waals surface area contributed by atoms with Gasteiger partial charge < -0.3 is 14.9 Å². The van der Waals surface area contributed by atoms with E-state index in [4.69, 9.17) is 0 Å². The molecule has 32 heavy (non-hydrogen) atoms. The van der Waals surface area contributed by atoms with Crippen LogP contribution in [0.1, 0.15) is 34.3 Å². The highest BCUT2D eigenvalue weighted by atomic mass is 16.3. The summed E-state index contributed by atoms with van der Waals surface area (Å²) >= 11 is 0. The summed E-state index contributed by atoms with van der Waals surface area (Å²) in [5.74, 6) is 0.149. The van der Waals surface area contributed by atoms with Crippen molar-refractivity contribution >= 4 is 5.91 Å². The molecule has 1 N–H and O–H groups in total. The van der Waals surface area contributed by atoms with Crippen molar-refractivity contribution < 1.29 is 9.90 Å². The fourth-order valence-corrected chi connectivity index (χ4v) is 4.47. The van der Waals surface area contributed by atoms with Crippen molar-refractivity contribution in [2.45, 2.75) is 32.2 Å². The predicted octanol–water partition coefficient (Wildman–Crippen LogP) is 5.15. The first-order valence-corrected chi connectivity index (χ1v) is 11.4. The number of phenolic OH excluding ortho intramolecular Hbond substituents is 1. The van der Waals surface area contributed by atoms with E-state index in [9.17, 15) is 9.90 Å². The number of carbonyl (C=O) groups excluding carboxylic acids is 1. The highest BCUT2D eigenvalue weighted by Crippen LogP contribution is 2.31. The molecule has 0 aliphatic carbocycles. The molecule has 1 aliphatic rings. The van der Waals surface area contributed by atoms with Crippen LogP contribution < -0.4 is 0 Å². The van der Waals surface area contributed by atoms with Crippen molar-refractivity contribution in [3.63, 3.8) is 0 Å². The lowest BCUT2D eigenvalue weighted by atomic mass is 9.99. The van der Waals surface area contributed by atoms with Crippen LogP contribution in [0.5, 0.6) is 5.75 Å². The van der Waals surface area contributed by atoms with Gasteiger partial charge in [-0.3, -0.25) is 4.79 Å². The number of nitrogens with zero attached hydrogens (tertiary/aromatic N) is 2. The Labute approximate surface area is 191 Å². The van der Waals surface area contributed by atoms with Gasteiger partial charge in [0.2, 0.25) is 0 Å². The first kappa shape index (κ1) is 22.1. The number of aryl methyl sites for hydroxylation is 1. The Morgan fingerprint density at radius 2 is 1.69 bits per heavy atom. The summed E-state index contributed by atoms with van der Waals surface area (Å²) in [5, 5.41) is 10.6. The van der Waals surface area contributed by atoms with Crippen molar-refractivity contribution in [2.75, 3.05) is 26.7 Å². The van der Waals surface area contributed by atoms with Gasteiger partial charge in [0.15, 0.2) is 0 Å². The van der Waals surface area contributed by atoms with E-state index in [0.29, 0.717) is 11.6 Å². The highest BCUT2D eigenvalue weighted by Gasteiger charge is 2.26. The second-order valence-electron chi connectivity index (χ2n) is 8.84. The van der Waals surface area contributed by atoms with Crippen LogP contribution in [-0.2, 0) is 6.42 Å². The van der Waals surface area contributed by atoms with Crippen LogP contribution >= 0.6 is 0 Å². The maximum absolute atomic E-state index is 13.0. The molecule has 0 bridgehead atoms. The number of piperidine rings is 1. The van der Waals surface area contributed by atoms with Gasteiger partial charge in [-0.2, -0.15) is 0 Å². The van der Waals surface area contributed by atoms with Gasteiger partial charge in [-0.1, -0.05) is 60.2 Å². The van der Waals surface area contributed by atoms with Crippen molar-refractivity contribution in [3.8, 4) is 16.9 Å². The number of phenols is 1. The molecule has 0 unspecified atom stereocenters. The Kier molecular flexibility index (Phi) is 6.91. The lowest BCUT2D eigenvalue weighted by molar-refractivity contribution is 0.0646. The molecule has 4 nitrogen and oxygen atoms in total. The molecule has 0 atom stereocenters. The normalized spacial score (nSPS) is 14.7. The van der Waals surface area contributed by atoms with E-state index in [2.05, 4.69) is 42.3 Å². The lowest BCUT2D eigenvalue weighted by Crippen LogP contribution is -2.46. The lowest BCUT2D eigenvalue weighted by Gasteiger charge is -2.37. The van der Waals surface area contributed by atoms with E-state index < -0.39 is 0 Å². The number of likely N-dealkylation sites (N-methyl/N-ethyl adjacent to an activating group) is 1. The van der Waals surface area contributed by atoms with Gasteiger partial charge in [-0.25, -0.2) is 0 Å².